The Bertz CT molecular complexity index is 218. The zero-order valence-corrected chi connectivity index (χ0v) is 9.24. The van der Waals surface area contributed by atoms with E-state index in [1.165, 1.54) is 0 Å². The van der Waals surface area contributed by atoms with E-state index in [4.69, 9.17) is 16.7 Å². The quantitative estimate of drug-likeness (QED) is 0.488. The van der Waals surface area contributed by atoms with Gasteiger partial charge in [-0.25, -0.2) is 13.1 Å². The summed E-state index contributed by atoms with van der Waals surface area (Å²) in [5, 5.41) is 8.62. The van der Waals surface area contributed by atoms with Gasteiger partial charge in [0.25, 0.3) is 0 Å². The highest BCUT2D eigenvalue weighted by molar-refractivity contribution is 7.89. The molecule has 0 heterocycles. The summed E-state index contributed by atoms with van der Waals surface area (Å²) in [5.41, 5.74) is 0. The number of nitrogens with one attached hydrogen (secondary N) is 1. The molecule has 1 atom stereocenters. The fraction of sp³-hybridized carbons (Fsp3) is 1.00. The normalized spacial score (nSPS) is 14.4. The summed E-state index contributed by atoms with van der Waals surface area (Å²) in [6, 6.07) is -0.416. The van der Waals surface area contributed by atoms with E-state index in [2.05, 4.69) is 4.72 Å². The smallest absolute Gasteiger partial charge is 0.211 e. The van der Waals surface area contributed by atoms with Gasteiger partial charge in [-0.1, -0.05) is 0 Å². The number of hydrogen-bond acceptors (Lipinski definition) is 3. The minimum Gasteiger partial charge on any atom is -0.395 e. The average Bonchev–Trinajstić information content (AvgIpc) is 2.03. The molecule has 0 spiro atoms. The van der Waals surface area contributed by atoms with Gasteiger partial charge >= 0.3 is 0 Å². The maximum Gasteiger partial charge on any atom is 0.211 e. The molecule has 0 bridgehead atoms. The van der Waals surface area contributed by atoms with Crippen molar-refractivity contribution in [3.05, 3.63) is 0 Å². The summed E-state index contributed by atoms with van der Waals surface area (Å²) >= 11 is 5.41. The summed E-state index contributed by atoms with van der Waals surface area (Å²) in [4.78, 5) is 0. The van der Waals surface area contributed by atoms with Crippen molar-refractivity contribution >= 4 is 21.6 Å². The van der Waals surface area contributed by atoms with Crippen molar-refractivity contribution < 1.29 is 13.5 Å². The van der Waals surface area contributed by atoms with Crippen LogP contribution < -0.4 is 4.72 Å². The Morgan fingerprint density at radius 2 is 2.08 bits per heavy atom. The van der Waals surface area contributed by atoms with Crippen molar-refractivity contribution in [2.45, 2.75) is 25.8 Å². The van der Waals surface area contributed by atoms with E-state index < -0.39 is 16.1 Å². The highest BCUT2D eigenvalue weighted by Gasteiger charge is 2.12. The first-order valence-corrected chi connectivity index (χ1v) is 6.37. The third kappa shape index (κ3) is 7.25. The number of halogens is 1. The molecule has 0 unspecified atom stereocenters. The number of rotatable bonds is 7. The molecule has 0 fully saturated rings. The van der Waals surface area contributed by atoms with Gasteiger partial charge in [0.2, 0.25) is 10.0 Å². The molecule has 80 valence electrons. The van der Waals surface area contributed by atoms with E-state index in [0.29, 0.717) is 18.7 Å². The van der Waals surface area contributed by atoms with Crippen LogP contribution in [0.5, 0.6) is 0 Å². The SMILES string of the molecule is C[C@H](CO)NS(=O)(=O)CCCCCl. The fourth-order valence-electron chi connectivity index (χ4n) is 0.789. The summed E-state index contributed by atoms with van der Waals surface area (Å²) in [6.07, 6.45) is 1.24. The number of aliphatic hydroxyl groups is 1. The second kappa shape index (κ2) is 6.59. The van der Waals surface area contributed by atoms with Crippen molar-refractivity contribution in [1.29, 1.82) is 0 Å². The van der Waals surface area contributed by atoms with Gasteiger partial charge in [0, 0.05) is 11.9 Å². The summed E-state index contributed by atoms with van der Waals surface area (Å²) in [6.45, 7) is 1.42. The monoisotopic (exact) mass is 229 g/mol. The first-order valence-electron chi connectivity index (χ1n) is 4.18. The van der Waals surface area contributed by atoms with Gasteiger partial charge in [0.05, 0.1) is 12.4 Å². The third-order valence-electron chi connectivity index (χ3n) is 1.45. The molecule has 0 saturated heterocycles. The van der Waals surface area contributed by atoms with Gasteiger partial charge in [0.15, 0.2) is 0 Å². The Balaban J connectivity index is 3.81. The van der Waals surface area contributed by atoms with E-state index in [-0.39, 0.29) is 12.4 Å². The maximum atomic E-state index is 11.2. The number of unbranched alkanes of at least 4 members (excludes halogenated alkanes) is 1. The zero-order valence-electron chi connectivity index (χ0n) is 7.66. The van der Waals surface area contributed by atoms with Crippen LogP contribution in [0.25, 0.3) is 0 Å². The van der Waals surface area contributed by atoms with Crippen molar-refractivity contribution in [3.8, 4) is 0 Å². The number of sulfonamides is 1. The van der Waals surface area contributed by atoms with Crippen LogP contribution in [0, 0.1) is 0 Å². The van der Waals surface area contributed by atoms with Gasteiger partial charge in [-0.15, -0.1) is 11.6 Å². The minimum absolute atomic E-state index is 0.0735. The molecule has 0 radical (unpaired) electrons. The lowest BCUT2D eigenvalue weighted by molar-refractivity contribution is 0.265. The van der Waals surface area contributed by atoms with Gasteiger partial charge in [-0.3, -0.25) is 0 Å². The Morgan fingerprint density at radius 3 is 2.54 bits per heavy atom. The van der Waals surface area contributed by atoms with Crippen LogP contribution in [0.3, 0.4) is 0 Å². The molecule has 2 N–H and O–H groups in total. The fourth-order valence-corrected chi connectivity index (χ4v) is 2.37. The molecule has 0 amide bonds. The van der Waals surface area contributed by atoms with E-state index in [1.807, 2.05) is 0 Å². The van der Waals surface area contributed by atoms with Crippen LogP contribution in [0.1, 0.15) is 19.8 Å². The first-order chi connectivity index (χ1) is 6.02. The second-order valence-electron chi connectivity index (χ2n) is 2.92. The molecular formula is C7H16ClNO3S. The van der Waals surface area contributed by atoms with Crippen LogP contribution >= 0.6 is 11.6 Å². The maximum absolute atomic E-state index is 11.2. The first kappa shape index (κ1) is 13.2. The van der Waals surface area contributed by atoms with Crippen molar-refractivity contribution in [2.75, 3.05) is 18.2 Å². The topological polar surface area (TPSA) is 66.4 Å². The Hall–Kier alpha value is 0.160. The van der Waals surface area contributed by atoms with Gasteiger partial charge in [0.1, 0.15) is 0 Å². The predicted octanol–water partition coefficient (Wildman–Crippen LogP) is 0.306. The molecule has 0 aliphatic carbocycles. The second-order valence-corrected chi connectivity index (χ2v) is 5.17. The lowest BCUT2D eigenvalue weighted by Crippen LogP contribution is -2.36. The van der Waals surface area contributed by atoms with Crippen LogP contribution in [0.4, 0.5) is 0 Å². The van der Waals surface area contributed by atoms with E-state index >= 15 is 0 Å². The highest BCUT2D eigenvalue weighted by Crippen LogP contribution is 1.97. The molecule has 0 aliphatic rings. The predicted molar refractivity (Wildman–Crippen MR) is 53.4 cm³/mol. The zero-order chi connectivity index (χ0) is 10.3. The van der Waals surface area contributed by atoms with E-state index in [9.17, 15) is 8.42 Å². The Kier molecular flexibility index (Phi) is 6.67. The summed E-state index contributed by atoms with van der Waals surface area (Å²) in [7, 11) is -3.23. The molecule has 13 heavy (non-hydrogen) atoms. The van der Waals surface area contributed by atoms with Crippen LogP contribution in [-0.2, 0) is 10.0 Å². The molecule has 0 aromatic rings. The lowest BCUT2D eigenvalue weighted by Gasteiger charge is -2.10. The molecule has 0 aromatic carbocycles. The highest BCUT2D eigenvalue weighted by atomic mass is 35.5. The molecule has 4 nitrogen and oxygen atoms in total. The molecule has 0 rings (SSSR count). The van der Waals surface area contributed by atoms with Gasteiger partial charge < -0.3 is 5.11 Å². The Labute approximate surface area is 84.3 Å². The molecule has 0 aromatic heterocycles. The lowest BCUT2D eigenvalue weighted by atomic mass is 10.4. The standard InChI is InChI=1S/C7H16ClNO3S/c1-7(6-10)9-13(11,12)5-3-2-4-8/h7,9-10H,2-6H2,1H3/t7-/m1/s1. The number of aliphatic hydroxyl groups excluding tert-OH is 1. The largest absolute Gasteiger partial charge is 0.395 e. The van der Waals surface area contributed by atoms with Gasteiger partial charge in [-0.05, 0) is 19.8 Å². The third-order valence-corrected chi connectivity index (χ3v) is 3.31. The van der Waals surface area contributed by atoms with Crippen LogP contribution in [-0.4, -0.2) is 37.8 Å². The number of hydrogen-bond donors (Lipinski definition) is 2. The molecule has 6 heteroatoms. The van der Waals surface area contributed by atoms with E-state index in [1.54, 1.807) is 6.92 Å². The van der Waals surface area contributed by atoms with Gasteiger partial charge in [-0.2, -0.15) is 0 Å². The van der Waals surface area contributed by atoms with Crippen LogP contribution in [0.15, 0.2) is 0 Å². The summed E-state index contributed by atoms with van der Waals surface area (Å²) < 4.78 is 24.8. The summed E-state index contributed by atoms with van der Waals surface area (Å²) in [5.74, 6) is 0.551. The Morgan fingerprint density at radius 1 is 1.46 bits per heavy atom. The van der Waals surface area contributed by atoms with Crippen molar-refractivity contribution in [1.82, 2.24) is 4.72 Å². The van der Waals surface area contributed by atoms with Crippen LogP contribution in [0.2, 0.25) is 0 Å². The van der Waals surface area contributed by atoms with Crippen molar-refractivity contribution in [3.63, 3.8) is 0 Å². The minimum atomic E-state index is -3.23. The van der Waals surface area contributed by atoms with E-state index in [0.717, 1.165) is 0 Å². The van der Waals surface area contributed by atoms with Crippen molar-refractivity contribution in [2.24, 2.45) is 0 Å². The molecular weight excluding hydrogens is 214 g/mol. The molecule has 0 aliphatic heterocycles. The molecule has 0 saturated carbocycles. The average molecular weight is 230 g/mol. The number of alkyl halides is 1.